The molecule has 1 aromatic rings. The molecular formula is C12H17BrO2. The van der Waals surface area contributed by atoms with Crippen molar-refractivity contribution >= 4 is 15.9 Å². The number of hydrogen-bond donors (Lipinski definition) is 1. The van der Waals surface area contributed by atoms with Crippen LogP contribution < -0.4 is 0 Å². The van der Waals surface area contributed by atoms with Crippen LogP contribution in [0.4, 0.5) is 0 Å². The zero-order valence-corrected chi connectivity index (χ0v) is 10.8. The summed E-state index contributed by atoms with van der Waals surface area (Å²) in [7, 11) is 0. The van der Waals surface area contributed by atoms with E-state index >= 15 is 0 Å². The number of benzene rings is 1. The van der Waals surface area contributed by atoms with E-state index in [0.29, 0.717) is 19.6 Å². The maximum Gasteiger partial charge on any atom is 0.0892 e. The van der Waals surface area contributed by atoms with Gasteiger partial charge in [-0.3, -0.25) is 0 Å². The molecule has 0 spiro atoms. The Bertz CT molecular complexity index is 310. The predicted molar refractivity (Wildman–Crippen MR) is 65.0 cm³/mol. The van der Waals surface area contributed by atoms with E-state index in [2.05, 4.69) is 15.9 Å². The van der Waals surface area contributed by atoms with Gasteiger partial charge in [-0.05, 0) is 25.5 Å². The van der Waals surface area contributed by atoms with Gasteiger partial charge in [0, 0.05) is 17.5 Å². The van der Waals surface area contributed by atoms with E-state index in [9.17, 15) is 5.11 Å². The van der Waals surface area contributed by atoms with Crippen LogP contribution in [0.1, 0.15) is 19.4 Å². The molecule has 1 rings (SSSR count). The highest BCUT2D eigenvalue weighted by molar-refractivity contribution is 9.10. The second-order valence-electron chi connectivity index (χ2n) is 3.90. The Labute approximate surface area is 99.4 Å². The van der Waals surface area contributed by atoms with Crippen LogP contribution >= 0.6 is 15.9 Å². The number of hydrogen-bond acceptors (Lipinski definition) is 2. The zero-order chi connectivity index (χ0) is 11.3. The van der Waals surface area contributed by atoms with Gasteiger partial charge in [0.25, 0.3) is 0 Å². The average Bonchev–Trinajstić information content (AvgIpc) is 2.18. The molecule has 1 atom stereocenters. The highest BCUT2D eigenvalue weighted by Crippen LogP contribution is 2.21. The van der Waals surface area contributed by atoms with Crippen molar-refractivity contribution in [2.75, 3.05) is 13.2 Å². The first-order valence-corrected chi connectivity index (χ1v) is 5.88. The largest absolute Gasteiger partial charge is 0.387 e. The van der Waals surface area contributed by atoms with Crippen molar-refractivity contribution in [1.29, 1.82) is 0 Å². The Kier molecular flexibility index (Phi) is 4.77. The minimum absolute atomic E-state index is 0.366. The fourth-order valence-electron chi connectivity index (χ4n) is 1.43. The molecule has 15 heavy (non-hydrogen) atoms. The molecule has 0 radical (unpaired) electrons. The van der Waals surface area contributed by atoms with Gasteiger partial charge in [-0.25, -0.2) is 0 Å². The van der Waals surface area contributed by atoms with Crippen LogP contribution in [0, 0.1) is 0 Å². The highest BCUT2D eigenvalue weighted by Gasteiger charge is 2.21. The lowest BCUT2D eigenvalue weighted by molar-refractivity contribution is -0.0297. The quantitative estimate of drug-likeness (QED) is 0.893. The van der Waals surface area contributed by atoms with E-state index in [-0.39, 0.29) is 0 Å². The van der Waals surface area contributed by atoms with Crippen LogP contribution in [-0.4, -0.2) is 23.9 Å². The molecule has 0 bridgehead atoms. The van der Waals surface area contributed by atoms with Gasteiger partial charge in [-0.2, -0.15) is 0 Å². The Morgan fingerprint density at radius 1 is 1.40 bits per heavy atom. The minimum Gasteiger partial charge on any atom is -0.387 e. The molecule has 1 aromatic carbocycles. The summed E-state index contributed by atoms with van der Waals surface area (Å²) in [5.74, 6) is 0. The van der Waals surface area contributed by atoms with Gasteiger partial charge >= 0.3 is 0 Å². The van der Waals surface area contributed by atoms with Gasteiger partial charge < -0.3 is 9.84 Å². The van der Waals surface area contributed by atoms with E-state index in [0.717, 1.165) is 10.0 Å². The molecule has 84 valence electrons. The van der Waals surface area contributed by atoms with Crippen LogP contribution in [0.5, 0.6) is 0 Å². The SMILES string of the molecule is CCOCC(C)(O)Cc1ccccc1Br. The molecule has 1 N–H and O–H groups in total. The van der Waals surface area contributed by atoms with Crippen LogP contribution in [0.15, 0.2) is 28.7 Å². The first-order valence-electron chi connectivity index (χ1n) is 5.09. The normalized spacial score (nSPS) is 14.9. The molecule has 0 heterocycles. The maximum absolute atomic E-state index is 10.1. The molecule has 0 amide bonds. The summed E-state index contributed by atoms with van der Waals surface area (Å²) in [4.78, 5) is 0. The van der Waals surface area contributed by atoms with Crippen molar-refractivity contribution < 1.29 is 9.84 Å². The average molecular weight is 273 g/mol. The first kappa shape index (κ1) is 12.7. The second kappa shape index (κ2) is 5.64. The molecule has 0 saturated carbocycles. The first-order chi connectivity index (χ1) is 7.05. The van der Waals surface area contributed by atoms with Gasteiger partial charge in [0.05, 0.1) is 12.2 Å². The van der Waals surface area contributed by atoms with Crippen molar-refractivity contribution in [3.05, 3.63) is 34.3 Å². The summed E-state index contributed by atoms with van der Waals surface area (Å²) in [6.45, 7) is 4.72. The third kappa shape index (κ3) is 4.33. The smallest absolute Gasteiger partial charge is 0.0892 e. The summed E-state index contributed by atoms with van der Waals surface area (Å²) in [6, 6.07) is 7.91. The molecule has 0 aliphatic heterocycles. The van der Waals surface area contributed by atoms with E-state index in [1.807, 2.05) is 31.2 Å². The van der Waals surface area contributed by atoms with Gasteiger partial charge in [0.1, 0.15) is 0 Å². The van der Waals surface area contributed by atoms with E-state index in [4.69, 9.17) is 4.74 Å². The monoisotopic (exact) mass is 272 g/mol. The van der Waals surface area contributed by atoms with Gasteiger partial charge in [-0.1, -0.05) is 34.1 Å². The summed E-state index contributed by atoms with van der Waals surface area (Å²) < 4.78 is 6.27. The van der Waals surface area contributed by atoms with Crippen molar-refractivity contribution in [3.8, 4) is 0 Å². The topological polar surface area (TPSA) is 29.5 Å². The van der Waals surface area contributed by atoms with Crippen molar-refractivity contribution in [2.45, 2.75) is 25.9 Å². The number of halogens is 1. The maximum atomic E-state index is 10.1. The second-order valence-corrected chi connectivity index (χ2v) is 4.76. The molecule has 0 saturated heterocycles. The Morgan fingerprint density at radius 3 is 2.67 bits per heavy atom. The Balaban J connectivity index is 2.64. The number of rotatable bonds is 5. The third-order valence-corrected chi connectivity index (χ3v) is 2.92. The van der Waals surface area contributed by atoms with E-state index < -0.39 is 5.60 Å². The lowest BCUT2D eigenvalue weighted by Crippen LogP contribution is -2.33. The zero-order valence-electron chi connectivity index (χ0n) is 9.16. The standard InChI is InChI=1S/C12H17BrO2/c1-3-15-9-12(2,14)8-10-6-4-5-7-11(10)13/h4-7,14H,3,8-9H2,1-2H3. The Hall–Kier alpha value is -0.380. The van der Waals surface area contributed by atoms with Crippen molar-refractivity contribution in [2.24, 2.45) is 0 Å². The summed E-state index contributed by atoms with van der Waals surface area (Å²) in [5.41, 5.74) is 0.294. The van der Waals surface area contributed by atoms with Crippen molar-refractivity contribution in [3.63, 3.8) is 0 Å². The highest BCUT2D eigenvalue weighted by atomic mass is 79.9. The third-order valence-electron chi connectivity index (χ3n) is 2.15. The van der Waals surface area contributed by atoms with Crippen LogP contribution in [0.25, 0.3) is 0 Å². The van der Waals surface area contributed by atoms with Crippen LogP contribution in [-0.2, 0) is 11.2 Å². The summed E-state index contributed by atoms with van der Waals surface area (Å²) >= 11 is 3.47. The van der Waals surface area contributed by atoms with Crippen molar-refractivity contribution in [1.82, 2.24) is 0 Å². The molecule has 3 heteroatoms. The Morgan fingerprint density at radius 2 is 2.07 bits per heavy atom. The molecule has 0 aromatic heterocycles. The fourth-order valence-corrected chi connectivity index (χ4v) is 1.85. The molecule has 1 unspecified atom stereocenters. The van der Waals surface area contributed by atoms with Gasteiger partial charge in [0.15, 0.2) is 0 Å². The van der Waals surface area contributed by atoms with E-state index in [1.165, 1.54) is 0 Å². The summed E-state index contributed by atoms with van der Waals surface area (Å²) in [5, 5.41) is 10.1. The van der Waals surface area contributed by atoms with E-state index in [1.54, 1.807) is 6.92 Å². The molecule has 0 aliphatic rings. The van der Waals surface area contributed by atoms with Crippen LogP contribution in [0.3, 0.4) is 0 Å². The van der Waals surface area contributed by atoms with Gasteiger partial charge in [-0.15, -0.1) is 0 Å². The number of ether oxygens (including phenoxy) is 1. The lowest BCUT2D eigenvalue weighted by Gasteiger charge is -2.23. The number of aliphatic hydroxyl groups is 1. The molecular weight excluding hydrogens is 256 g/mol. The van der Waals surface area contributed by atoms with Gasteiger partial charge in [0.2, 0.25) is 0 Å². The minimum atomic E-state index is -0.806. The predicted octanol–water partition coefficient (Wildman–Crippen LogP) is 2.78. The molecule has 0 fully saturated rings. The molecule has 0 aliphatic carbocycles. The molecule has 2 nitrogen and oxygen atoms in total. The fraction of sp³-hybridized carbons (Fsp3) is 0.500. The van der Waals surface area contributed by atoms with Crippen LogP contribution in [0.2, 0.25) is 0 Å². The lowest BCUT2D eigenvalue weighted by atomic mass is 9.97. The summed E-state index contributed by atoms with van der Waals surface area (Å²) in [6.07, 6.45) is 0.592.